The summed E-state index contributed by atoms with van der Waals surface area (Å²) in [6.45, 7) is 11.1. The number of esters is 1. The Morgan fingerprint density at radius 2 is 1.77 bits per heavy atom. The van der Waals surface area contributed by atoms with Crippen LogP contribution >= 0.6 is 0 Å². The molecule has 0 spiro atoms. The SMILES string of the molecule is CC/C=C(/C)C(=O)OC(C)C(=O)Nc1c(C)cc(C)cc1C. The average molecular weight is 303 g/mol. The molecule has 0 bridgehead atoms. The predicted molar refractivity (Wildman–Crippen MR) is 88.9 cm³/mol. The highest BCUT2D eigenvalue weighted by atomic mass is 16.5. The minimum Gasteiger partial charge on any atom is -0.449 e. The van der Waals surface area contributed by atoms with Crippen molar-refractivity contribution < 1.29 is 14.3 Å². The van der Waals surface area contributed by atoms with Crippen molar-refractivity contribution in [2.24, 2.45) is 0 Å². The molecule has 1 atom stereocenters. The van der Waals surface area contributed by atoms with Crippen molar-refractivity contribution in [1.82, 2.24) is 0 Å². The number of hydrogen-bond donors (Lipinski definition) is 1. The summed E-state index contributed by atoms with van der Waals surface area (Å²) in [6, 6.07) is 4.01. The molecule has 1 aromatic rings. The van der Waals surface area contributed by atoms with Gasteiger partial charge in [0.25, 0.3) is 5.91 Å². The molecule has 1 unspecified atom stereocenters. The number of carbonyl (C=O) groups is 2. The summed E-state index contributed by atoms with van der Waals surface area (Å²) in [7, 11) is 0. The number of carbonyl (C=O) groups excluding carboxylic acids is 2. The lowest BCUT2D eigenvalue weighted by atomic mass is 10.0. The summed E-state index contributed by atoms with van der Waals surface area (Å²) in [5, 5.41) is 2.85. The second kappa shape index (κ2) is 7.78. The molecule has 22 heavy (non-hydrogen) atoms. The van der Waals surface area contributed by atoms with Gasteiger partial charge in [0.15, 0.2) is 6.10 Å². The third kappa shape index (κ3) is 4.72. The molecule has 0 aliphatic heterocycles. The Morgan fingerprint density at radius 3 is 2.27 bits per heavy atom. The van der Waals surface area contributed by atoms with E-state index >= 15 is 0 Å². The first kappa shape index (κ1) is 18.0. The van der Waals surface area contributed by atoms with Crippen LogP contribution in [0.3, 0.4) is 0 Å². The van der Waals surface area contributed by atoms with Gasteiger partial charge in [-0.1, -0.05) is 30.7 Å². The molecule has 0 heterocycles. The fraction of sp³-hybridized carbons (Fsp3) is 0.444. The molecule has 0 saturated heterocycles. The maximum Gasteiger partial charge on any atom is 0.334 e. The number of nitrogens with one attached hydrogen (secondary N) is 1. The zero-order valence-electron chi connectivity index (χ0n) is 14.2. The van der Waals surface area contributed by atoms with Gasteiger partial charge in [-0.2, -0.15) is 0 Å². The van der Waals surface area contributed by atoms with Crippen LogP contribution in [0.2, 0.25) is 0 Å². The van der Waals surface area contributed by atoms with E-state index in [-0.39, 0.29) is 5.91 Å². The molecule has 1 amide bonds. The number of hydrogen-bond acceptors (Lipinski definition) is 3. The summed E-state index contributed by atoms with van der Waals surface area (Å²) < 4.78 is 5.18. The molecule has 0 aromatic heterocycles. The van der Waals surface area contributed by atoms with Crippen LogP contribution in [0.5, 0.6) is 0 Å². The average Bonchev–Trinajstić information content (AvgIpc) is 2.42. The van der Waals surface area contributed by atoms with E-state index in [0.717, 1.165) is 28.8 Å². The maximum absolute atomic E-state index is 12.2. The third-order valence-corrected chi connectivity index (χ3v) is 3.41. The lowest BCUT2D eigenvalue weighted by Crippen LogP contribution is -2.30. The number of ether oxygens (including phenoxy) is 1. The molecule has 0 saturated carbocycles. The van der Waals surface area contributed by atoms with Gasteiger partial charge in [0.05, 0.1) is 0 Å². The van der Waals surface area contributed by atoms with Crippen LogP contribution < -0.4 is 5.32 Å². The van der Waals surface area contributed by atoms with E-state index in [0.29, 0.717) is 5.57 Å². The van der Waals surface area contributed by atoms with Gasteiger partial charge >= 0.3 is 5.97 Å². The number of benzene rings is 1. The smallest absolute Gasteiger partial charge is 0.334 e. The van der Waals surface area contributed by atoms with Crippen molar-refractivity contribution in [3.05, 3.63) is 40.5 Å². The van der Waals surface area contributed by atoms with Crippen molar-refractivity contribution in [3.8, 4) is 0 Å². The first-order valence-corrected chi connectivity index (χ1v) is 7.52. The summed E-state index contributed by atoms with van der Waals surface area (Å²) in [4.78, 5) is 24.0. The van der Waals surface area contributed by atoms with Crippen LogP contribution in [0.4, 0.5) is 5.69 Å². The van der Waals surface area contributed by atoms with Crippen LogP contribution in [0.1, 0.15) is 43.9 Å². The molecule has 1 N–H and O–H groups in total. The Labute approximate surface area is 132 Å². The monoisotopic (exact) mass is 303 g/mol. The summed E-state index contributed by atoms with van der Waals surface area (Å²) in [5.41, 5.74) is 4.43. The second-order valence-corrected chi connectivity index (χ2v) is 5.61. The lowest BCUT2D eigenvalue weighted by Gasteiger charge is -2.17. The molecular weight excluding hydrogens is 278 g/mol. The Bertz CT molecular complexity index is 579. The molecule has 1 aromatic carbocycles. The van der Waals surface area contributed by atoms with Gasteiger partial charge < -0.3 is 10.1 Å². The number of aryl methyl sites for hydroxylation is 3. The van der Waals surface area contributed by atoms with Crippen LogP contribution in [-0.2, 0) is 14.3 Å². The van der Waals surface area contributed by atoms with Gasteiger partial charge in [-0.15, -0.1) is 0 Å². The normalized spacial score (nSPS) is 12.7. The Morgan fingerprint density at radius 1 is 1.23 bits per heavy atom. The Hall–Kier alpha value is -2.10. The first-order valence-electron chi connectivity index (χ1n) is 7.52. The Kier molecular flexibility index (Phi) is 6.35. The number of amides is 1. The van der Waals surface area contributed by atoms with Crippen LogP contribution in [-0.4, -0.2) is 18.0 Å². The molecule has 4 heteroatoms. The summed E-state index contributed by atoms with van der Waals surface area (Å²) in [5.74, 6) is -0.783. The quantitative estimate of drug-likeness (QED) is 0.664. The molecule has 4 nitrogen and oxygen atoms in total. The molecule has 0 radical (unpaired) electrons. The molecule has 0 aliphatic carbocycles. The molecular formula is C18H25NO3. The number of rotatable bonds is 5. The molecule has 120 valence electrons. The van der Waals surface area contributed by atoms with Crippen molar-refractivity contribution in [3.63, 3.8) is 0 Å². The second-order valence-electron chi connectivity index (χ2n) is 5.61. The molecule has 0 aliphatic rings. The van der Waals surface area contributed by atoms with E-state index in [1.165, 1.54) is 0 Å². The number of allylic oxidation sites excluding steroid dienone is 1. The highest BCUT2D eigenvalue weighted by Crippen LogP contribution is 2.22. The summed E-state index contributed by atoms with van der Waals surface area (Å²) in [6.07, 6.45) is 1.69. The standard InChI is InChI=1S/C18H25NO3/c1-7-8-12(3)18(21)22-15(6)17(20)19-16-13(4)9-11(2)10-14(16)5/h8-10,15H,7H2,1-6H3,(H,19,20)/b12-8-. The van der Waals surface area contributed by atoms with Crippen molar-refractivity contribution in [1.29, 1.82) is 0 Å². The largest absolute Gasteiger partial charge is 0.449 e. The van der Waals surface area contributed by atoms with Crippen molar-refractivity contribution in [2.45, 2.75) is 54.1 Å². The maximum atomic E-state index is 12.2. The fourth-order valence-corrected chi connectivity index (χ4v) is 2.30. The third-order valence-electron chi connectivity index (χ3n) is 3.41. The van der Waals surface area contributed by atoms with Crippen LogP contribution in [0.15, 0.2) is 23.8 Å². The van der Waals surface area contributed by atoms with Crippen molar-refractivity contribution in [2.75, 3.05) is 5.32 Å². The minimum absolute atomic E-state index is 0.326. The zero-order valence-corrected chi connectivity index (χ0v) is 14.2. The van der Waals surface area contributed by atoms with E-state index in [2.05, 4.69) is 5.32 Å². The van der Waals surface area contributed by atoms with Gasteiger partial charge in [0.2, 0.25) is 0 Å². The highest BCUT2D eigenvalue weighted by molar-refractivity contribution is 5.97. The zero-order chi connectivity index (χ0) is 16.9. The van der Waals surface area contributed by atoms with Gasteiger partial charge in [-0.25, -0.2) is 4.79 Å². The number of anilines is 1. The van der Waals surface area contributed by atoms with Crippen LogP contribution in [0.25, 0.3) is 0 Å². The van der Waals surface area contributed by atoms with Crippen LogP contribution in [0, 0.1) is 20.8 Å². The topological polar surface area (TPSA) is 55.4 Å². The van der Waals surface area contributed by atoms with E-state index in [4.69, 9.17) is 4.74 Å². The van der Waals surface area contributed by atoms with Crippen molar-refractivity contribution >= 4 is 17.6 Å². The van der Waals surface area contributed by atoms with E-state index in [1.807, 2.05) is 39.8 Å². The van der Waals surface area contributed by atoms with E-state index in [9.17, 15) is 9.59 Å². The highest BCUT2D eigenvalue weighted by Gasteiger charge is 2.20. The molecule has 1 rings (SSSR count). The van der Waals surface area contributed by atoms with E-state index < -0.39 is 12.1 Å². The van der Waals surface area contributed by atoms with E-state index in [1.54, 1.807) is 19.9 Å². The Balaban J connectivity index is 2.77. The van der Waals surface area contributed by atoms with Gasteiger partial charge in [0.1, 0.15) is 0 Å². The predicted octanol–water partition coefficient (Wildman–Crippen LogP) is 3.84. The van der Waals surface area contributed by atoms with Gasteiger partial charge in [-0.05, 0) is 52.2 Å². The lowest BCUT2D eigenvalue weighted by molar-refractivity contribution is -0.149. The first-order chi connectivity index (χ1) is 10.3. The van der Waals surface area contributed by atoms with Gasteiger partial charge in [-0.3, -0.25) is 4.79 Å². The summed E-state index contributed by atoms with van der Waals surface area (Å²) >= 11 is 0. The molecule has 0 fully saturated rings. The fourth-order valence-electron chi connectivity index (χ4n) is 2.30. The van der Waals surface area contributed by atoms with Gasteiger partial charge in [0, 0.05) is 11.3 Å². The minimum atomic E-state index is -0.840.